The first-order chi connectivity index (χ1) is 23.5. The average Bonchev–Trinajstić information content (AvgIpc) is 3.08. The molecule has 0 bridgehead atoms. The Labute approximate surface area is 283 Å². The summed E-state index contributed by atoms with van der Waals surface area (Å²) in [7, 11) is 0. The molecule has 0 unspecified atom stereocenters. The van der Waals surface area contributed by atoms with Crippen molar-refractivity contribution in [3.63, 3.8) is 0 Å². The molecule has 1 aromatic carbocycles. The van der Waals surface area contributed by atoms with Crippen LogP contribution in [0.25, 0.3) is 0 Å². The van der Waals surface area contributed by atoms with Crippen molar-refractivity contribution < 1.29 is 43.7 Å². The molecule has 4 heterocycles. The van der Waals surface area contributed by atoms with E-state index in [0.29, 0.717) is 0 Å². The molecule has 0 amide bonds. The second-order valence-electron chi connectivity index (χ2n) is 10.9. The van der Waals surface area contributed by atoms with E-state index in [2.05, 4.69) is 9.97 Å². The van der Waals surface area contributed by atoms with Gasteiger partial charge < -0.3 is 48.9 Å². The minimum absolute atomic E-state index is 0.0816. The van der Waals surface area contributed by atoms with Gasteiger partial charge in [-0.15, -0.1) is 0 Å². The number of pyridine rings is 2. The van der Waals surface area contributed by atoms with Gasteiger partial charge in [0.2, 0.25) is 0 Å². The number of H-pyrrole nitrogens is 2. The number of morpholine rings is 2. The zero-order chi connectivity index (χ0) is 35.4. The lowest BCUT2D eigenvalue weighted by molar-refractivity contribution is -0.384. The molecule has 0 saturated carbocycles. The van der Waals surface area contributed by atoms with E-state index in [1.54, 1.807) is 9.80 Å². The fourth-order valence-corrected chi connectivity index (χ4v) is 6.07. The zero-order valence-electron chi connectivity index (χ0n) is 26.6. The Hall–Kier alpha value is -5.13. The van der Waals surface area contributed by atoms with Gasteiger partial charge in [-0.3, -0.25) is 19.7 Å². The smallest absolute Gasteiger partial charge is 0.345 e. The highest BCUT2D eigenvalue weighted by molar-refractivity contribution is 6.32. The van der Waals surface area contributed by atoms with Crippen molar-refractivity contribution in [1.82, 2.24) is 9.97 Å². The summed E-state index contributed by atoms with van der Waals surface area (Å²) in [6, 6.07) is 3.35. The van der Waals surface area contributed by atoms with E-state index in [-0.39, 0.29) is 88.0 Å². The predicted molar refractivity (Wildman–Crippen MR) is 174 cm³/mol. The minimum Gasteiger partial charge on any atom is -0.506 e. The standard InChI is InChI=1S/C31H34ClN5O12/c1-3-48-30(42)22-24(38)20(28(40)33-26(22)35-7-11-46-12-8-35)19(16-5-6-17(32)18(15-16)37(44)45)21-25(39)23(31(43)49-4-2)27(34-29(21)41)36-9-13-47-14-10-36/h5-6,15,19H,3-4,7-14H2,1-2H3,(H2,33,38,40)(H2,34,39,41). The molecule has 0 spiro atoms. The van der Waals surface area contributed by atoms with Crippen molar-refractivity contribution >= 4 is 40.9 Å². The van der Waals surface area contributed by atoms with Crippen LogP contribution in [-0.4, -0.2) is 103 Å². The maximum atomic E-state index is 14.1. The molecule has 262 valence electrons. The number of carbonyl (C=O) groups is 2. The van der Waals surface area contributed by atoms with Gasteiger partial charge in [-0.2, -0.15) is 0 Å². The second kappa shape index (κ2) is 15.0. The van der Waals surface area contributed by atoms with Gasteiger partial charge in [0.25, 0.3) is 16.8 Å². The molecule has 0 atom stereocenters. The third kappa shape index (κ3) is 6.90. The van der Waals surface area contributed by atoms with E-state index < -0.39 is 73.3 Å². The summed E-state index contributed by atoms with van der Waals surface area (Å²) in [5.41, 5.74) is -5.02. The van der Waals surface area contributed by atoms with Crippen LogP contribution in [0.2, 0.25) is 5.02 Å². The van der Waals surface area contributed by atoms with Crippen LogP contribution in [-0.2, 0) is 18.9 Å². The number of carbonyl (C=O) groups excluding carboxylic acids is 2. The Kier molecular flexibility index (Phi) is 10.7. The number of benzene rings is 1. The maximum absolute atomic E-state index is 14.1. The summed E-state index contributed by atoms with van der Waals surface area (Å²) in [5.74, 6) is -5.85. The summed E-state index contributed by atoms with van der Waals surface area (Å²) < 4.78 is 21.2. The second-order valence-corrected chi connectivity index (χ2v) is 11.3. The molecule has 2 aromatic heterocycles. The summed E-state index contributed by atoms with van der Waals surface area (Å²) in [6.07, 6.45) is 0. The molecular weight excluding hydrogens is 670 g/mol. The number of aromatic nitrogens is 2. The summed E-state index contributed by atoms with van der Waals surface area (Å²) in [5, 5.41) is 35.4. The number of hydrogen-bond donors (Lipinski definition) is 4. The van der Waals surface area contributed by atoms with E-state index in [4.69, 9.17) is 30.5 Å². The van der Waals surface area contributed by atoms with Crippen molar-refractivity contribution in [2.24, 2.45) is 0 Å². The van der Waals surface area contributed by atoms with E-state index in [1.165, 1.54) is 19.9 Å². The highest BCUT2D eigenvalue weighted by Crippen LogP contribution is 2.44. The quantitative estimate of drug-likeness (QED) is 0.135. The first kappa shape index (κ1) is 35.2. The lowest BCUT2D eigenvalue weighted by Crippen LogP contribution is -2.40. The van der Waals surface area contributed by atoms with Gasteiger partial charge in [0.05, 0.1) is 61.6 Å². The molecule has 2 aliphatic rings. The van der Waals surface area contributed by atoms with Crippen LogP contribution >= 0.6 is 11.6 Å². The highest BCUT2D eigenvalue weighted by atomic mass is 35.5. The molecule has 4 N–H and O–H groups in total. The molecule has 2 saturated heterocycles. The molecule has 49 heavy (non-hydrogen) atoms. The SMILES string of the molecule is CCOC(=O)c1c(N2CCOCC2)[nH]c(=O)c(C(c2ccc(Cl)c([N+](=O)[O-])c2)c2c(O)c(C(=O)OCC)c(N3CCOCC3)[nH]c2=O)c1O. The molecule has 3 aromatic rings. The number of anilines is 2. The first-order valence-electron chi connectivity index (χ1n) is 15.4. The van der Waals surface area contributed by atoms with Gasteiger partial charge in [-0.25, -0.2) is 9.59 Å². The number of halogens is 1. The molecule has 5 rings (SSSR count). The summed E-state index contributed by atoms with van der Waals surface area (Å²) in [6.45, 7) is 4.81. The molecule has 2 fully saturated rings. The number of ether oxygens (including phenoxy) is 4. The van der Waals surface area contributed by atoms with Crippen molar-refractivity contribution in [3.05, 3.63) is 81.9 Å². The number of aromatic amines is 2. The van der Waals surface area contributed by atoms with Crippen LogP contribution in [0.1, 0.15) is 57.2 Å². The lowest BCUT2D eigenvalue weighted by atomic mass is 9.83. The molecule has 0 radical (unpaired) electrons. The first-order valence-corrected chi connectivity index (χ1v) is 15.8. The number of nitro groups is 1. The van der Waals surface area contributed by atoms with Crippen LogP contribution in [0.5, 0.6) is 11.5 Å². The van der Waals surface area contributed by atoms with E-state index in [0.717, 1.165) is 12.1 Å². The number of rotatable bonds is 10. The fraction of sp³-hybridized carbons (Fsp3) is 0.419. The van der Waals surface area contributed by atoms with Crippen LogP contribution in [0.3, 0.4) is 0 Å². The highest BCUT2D eigenvalue weighted by Gasteiger charge is 2.38. The largest absolute Gasteiger partial charge is 0.506 e. The van der Waals surface area contributed by atoms with Crippen LogP contribution in [0.4, 0.5) is 17.3 Å². The van der Waals surface area contributed by atoms with Crippen LogP contribution in [0, 0.1) is 10.1 Å². The van der Waals surface area contributed by atoms with Gasteiger partial charge in [0.1, 0.15) is 39.3 Å². The van der Waals surface area contributed by atoms with E-state index in [1.807, 2.05) is 0 Å². The van der Waals surface area contributed by atoms with Gasteiger partial charge in [0.15, 0.2) is 0 Å². The van der Waals surface area contributed by atoms with Crippen molar-refractivity contribution in [3.8, 4) is 11.5 Å². The monoisotopic (exact) mass is 703 g/mol. The molecule has 0 aliphatic carbocycles. The molecule has 18 heteroatoms. The molecular formula is C31H34ClN5O12. The summed E-state index contributed by atoms with van der Waals surface area (Å²) in [4.78, 5) is 74.5. The van der Waals surface area contributed by atoms with Gasteiger partial charge in [-0.1, -0.05) is 17.7 Å². The third-order valence-corrected chi connectivity index (χ3v) is 8.42. The van der Waals surface area contributed by atoms with Crippen molar-refractivity contribution in [1.29, 1.82) is 0 Å². The average molecular weight is 704 g/mol. The fourth-order valence-electron chi connectivity index (χ4n) is 5.89. The van der Waals surface area contributed by atoms with Gasteiger partial charge >= 0.3 is 11.9 Å². The lowest BCUT2D eigenvalue weighted by Gasteiger charge is -2.31. The van der Waals surface area contributed by atoms with E-state index >= 15 is 0 Å². The summed E-state index contributed by atoms with van der Waals surface area (Å²) >= 11 is 6.10. The van der Waals surface area contributed by atoms with Gasteiger partial charge in [0, 0.05) is 32.2 Å². The topological polar surface area (TPSA) is 227 Å². The predicted octanol–water partition coefficient (Wildman–Crippen LogP) is 2.24. The number of esters is 2. The normalized spacial score (nSPS) is 14.9. The number of nitro benzene ring substituents is 1. The number of nitrogens with one attached hydrogen (secondary N) is 2. The number of hydrogen-bond acceptors (Lipinski definition) is 14. The van der Waals surface area contributed by atoms with Gasteiger partial charge in [-0.05, 0) is 25.5 Å². The number of aromatic hydroxyl groups is 2. The molecule has 17 nitrogen and oxygen atoms in total. The Morgan fingerprint density at radius 2 is 1.31 bits per heavy atom. The Balaban J connectivity index is 1.87. The third-order valence-electron chi connectivity index (χ3n) is 8.10. The number of nitrogens with zero attached hydrogens (tertiary/aromatic N) is 3. The Morgan fingerprint density at radius 1 is 0.878 bits per heavy atom. The van der Waals surface area contributed by atoms with Crippen molar-refractivity contribution in [2.45, 2.75) is 19.8 Å². The molecule has 2 aliphatic heterocycles. The Morgan fingerprint density at radius 3 is 1.69 bits per heavy atom. The van der Waals surface area contributed by atoms with Crippen molar-refractivity contribution in [2.75, 3.05) is 75.6 Å². The van der Waals surface area contributed by atoms with E-state index in [9.17, 15) is 39.5 Å². The zero-order valence-corrected chi connectivity index (χ0v) is 27.3. The van der Waals surface area contributed by atoms with Crippen LogP contribution in [0.15, 0.2) is 27.8 Å². The minimum atomic E-state index is -1.82. The Bertz CT molecular complexity index is 1780. The van der Waals surface area contributed by atoms with Crippen LogP contribution < -0.4 is 20.9 Å². The maximum Gasteiger partial charge on any atom is 0.345 e.